The molecule has 15 heavy (non-hydrogen) atoms. The Hall–Kier alpha value is -0.390. The van der Waals surface area contributed by atoms with Crippen LogP contribution < -0.4 is 0 Å². The minimum absolute atomic E-state index is 0.118. The summed E-state index contributed by atoms with van der Waals surface area (Å²) in [7, 11) is 0. The van der Waals surface area contributed by atoms with Crippen LogP contribution in [0.1, 0.15) is 32.1 Å². The highest BCUT2D eigenvalue weighted by Crippen LogP contribution is 2.43. The molecule has 0 spiro atoms. The van der Waals surface area contributed by atoms with Crippen LogP contribution in [0.2, 0.25) is 0 Å². The van der Waals surface area contributed by atoms with E-state index >= 15 is 0 Å². The normalized spacial score (nSPS) is 20.5. The minimum atomic E-state index is -4.25. The van der Waals surface area contributed by atoms with E-state index in [9.17, 15) is 18.0 Å². The fourth-order valence-electron chi connectivity index (χ4n) is 1.98. The highest BCUT2D eigenvalue weighted by Gasteiger charge is 2.41. The Kier molecular flexibility index (Phi) is 3.92. The summed E-state index contributed by atoms with van der Waals surface area (Å²) in [6.45, 7) is 0. The van der Waals surface area contributed by atoms with E-state index in [1.54, 1.807) is 0 Å². The first-order valence-electron chi connectivity index (χ1n) is 4.80. The first kappa shape index (κ1) is 12.7. The summed E-state index contributed by atoms with van der Waals surface area (Å²) in [6, 6.07) is 0. The molecular weight excluding hydrogens is 229 g/mol. The van der Waals surface area contributed by atoms with E-state index in [4.69, 9.17) is 5.11 Å². The SMILES string of the molecule is O=C(O)C1(CCSC(F)(F)F)CCCC1. The Balaban J connectivity index is 2.43. The predicted molar refractivity (Wildman–Crippen MR) is 51.7 cm³/mol. The molecule has 0 saturated heterocycles. The lowest BCUT2D eigenvalue weighted by molar-refractivity contribution is -0.148. The maximum Gasteiger partial charge on any atom is 0.441 e. The van der Waals surface area contributed by atoms with E-state index in [0.717, 1.165) is 12.8 Å². The highest BCUT2D eigenvalue weighted by atomic mass is 32.2. The Morgan fingerprint density at radius 3 is 2.27 bits per heavy atom. The van der Waals surface area contributed by atoms with Crippen molar-refractivity contribution >= 4 is 17.7 Å². The number of halogens is 3. The standard InChI is InChI=1S/C9H13F3O2S/c10-9(11,12)15-6-5-8(7(13)14)3-1-2-4-8/h1-6H2,(H,13,14). The van der Waals surface area contributed by atoms with Gasteiger partial charge in [-0.05, 0) is 19.3 Å². The quantitative estimate of drug-likeness (QED) is 0.822. The van der Waals surface area contributed by atoms with Crippen molar-refractivity contribution in [3.8, 4) is 0 Å². The van der Waals surface area contributed by atoms with Crippen molar-refractivity contribution in [3.05, 3.63) is 0 Å². The predicted octanol–water partition coefficient (Wildman–Crippen LogP) is 3.27. The van der Waals surface area contributed by atoms with Gasteiger partial charge in [-0.3, -0.25) is 4.79 Å². The molecule has 88 valence electrons. The van der Waals surface area contributed by atoms with E-state index in [2.05, 4.69) is 0 Å². The third-order valence-electron chi connectivity index (χ3n) is 2.86. The van der Waals surface area contributed by atoms with Gasteiger partial charge in [0.2, 0.25) is 0 Å². The summed E-state index contributed by atoms with van der Waals surface area (Å²) in [4.78, 5) is 11.0. The number of rotatable bonds is 4. The van der Waals surface area contributed by atoms with Crippen LogP contribution in [0.5, 0.6) is 0 Å². The zero-order valence-electron chi connectivity index (χ0n) is 8.14. The Morgan fingerprint density at radius 2 is 1.87 bits per heavy atom. The fourth-order valence-corrected chi connectivity index (χ4v) is 2.71. The third kappa shape index (κ3) is 3.59. The lowest BCUT2D eigenvalue weighted by atomic mass is 9.84. The van der Waals surface area contributed by atoms with Gasteiger partial charge in [-0.2, -0.15) is 13.2 Å². The molecule has 0 bridgehead atoms. The molecule has 0 aromatic carbocycles. The van der Waals surface area contributed by atoms with Gasteiger partial charge in [0, 0.05) is 5.75 Å². The molecule has 0 unspecified atom stereocenters. The van der Waals surface area contributed by atoms with Crippen molar-refractivity contribution in [1.82, 2.24) is 0 Å². The molecule has 6 heteroatoms. The van der Waals surface area contributed by atoms with Crippen molar-refractivity contribution in [2.24, 2.45) is 5.41 Å². The molecule has 1 aliphatic carbocycles. The largest absolute Gasteiger partial charge is 0.481 e. The third-order valence-corrected chi connectivity index (χ3v) is 3.60. The summed E-state index contributed by atoms with van der Waals surface area (Å²) in [6.07, 6.45) is 2.76. The molecular formula is C9H13F3O2S. The van der Waals surface area contributed by atoms with Gasteiger partial charge < -0.3 is 5.11 Å². The zero-order chi connectivity index (χ0) is 11.5. The van der Waals surface area contributed by atoms with Crippen molar-refractivity contribution < 1.29 is 23.1 Å². The molecule has 1 saturated carbocycles. The number of hydrogen-bond acceptors (Lipinski definition) is 2. The number of thioether (sulfide) groups is 1. The molecule has 2 nitrogen and oxygen atoms in total. The summed E-state index contributed by atoms with van der Waals surface area (Å²) >= 11 is -0.127. The fraction of sp³-hybridized carbons (Fsp3) is 0.889. The van der Waals surface area contributed by atoms with Gasteiger partial charge in [0.15, 0.2) is 0 Å². The van der Waals surface area contributed by atoms with Crippen molar-refractivity contribution in [1.29, 1.82) is 0 Å². The van der Waals surface area contributed by atoms with Crippen LogP contribution in [0.4, 0.5) is 13.2 Å². The summed E-state index contributed by atoms with van der Waals surface area (Å²) in [5, 5.41) is 9.00. The topological polar surface area (TPSA) is 37.3 Å². The van der Waals surface area contributed by atoms with E-state index in [1.165, 1.54) is 0 Å². The molecule has 0 atom stereocenters. The lowest BCUT2D eigenvalue weighted by Crippen LogP contribution is -2.28. The molecule has 0 aromatic rings. The van der Waals surface area contributed by atoms with Crippen LogP contribution in [0, 0.1) is 5.41 Å². The maximum atomic E-state index is 11.9. The number of aliphatic carboxylic acids is 1. The Bertz CT molecular complexity index is 234. The molecule has 0 aromatic heterocycles. The van der Waals surface area contributed by atoms with Gasteiger partial charge in [-0.25, -0.2) is 0 Å². The Labute approximate surface area is 90.2 Å². The highest BCUT2D eigenvalue weighted by molar-refractivity contribution is 8.00. The van der Waals surface area contributed by atoms with Gasteiger partial charge >= 0.3 is 11.5 Å². The first-order chi connectivity index (χ1) is 6.86. The van der Waals surface area contributed by atoms with Crippen LogP contribution in [-0.2, 0) is 4.79 Å². The van der Waals surface area contributed by atoms with Crippen LogP contribution in [-0.4, -0.2) is 22.3 Å². The maximum absolute atomic E-state index is 11.9. The number of carboxylic acid groups (broad SMARTS) is 1. The van der Waals surface area contributed by atoms with Gasteiger partial charge in [0.25, 0.3) is 0 Å². The second-order valence-electron chi connectivity index (χ2n) is 3.84. The number of carbonyl (C=O) groups is 1. The number of hydrogen-bond donors (Lipinski definition) is 1. The molecule has 0 aliphatic heterocycles. The van der Waals surface area contributed by atoms with Gasteiger partial charge in [0.05, 0.1) is 5.41 Å². The van der Waals surface area contributed by atoms with Crippen LogP contribution >= 0.6 is 11.8 Å². The van der Waals surface area contributed by atoms with Crippen LogP contribution in [0.15, 0.2) is 0 Å². The van der Waals surface area contributed by atoms with Crippen molar-refractivity contribution in [3.63, 3.8) is 0 Å². The van der Waals surface area contributed by atoms with Crippen molar-refractivity contribution in [2.45, 2.75) is 37.6 Å². The van der Waals surface area contributed by atoms with Gasteiger partial charge in [-0.1, -0.05) is 24.6 Å². The molecule has 0 amide bonds. The average molecular weight is 242 g/mol. The second kappa shape index (κ2) is 4.63. The van der Waals surface area contributed by atoms with Crippen LogP contribution in [0.25, 0.3) is 0 Å². The average Bonchev–Trinajstić information content (AvgIpc) is 2.51. The smallest absolute Gasteiger partial charge is 0.441 e. The van der Waals surface area contributed by atoms with E-state index in [-0.39, 0.29) is 23.9 Å². The molecule has 1 rings (SSSR count). The molecule has 0 heterocycles. The van der Waals surface area contributed by atoms with Crippen molar-refractivity contribution in [2.75, 3.05) is 5.75 Å². The van der Waals surface area contributed by atoms with Gasteiger partial charge in [-0.15, -0.1) is 0 Å². The van der Waals surface area contributed by atoms with E-state index in [1.807, 2.05) is 0 Å². The molecule has 0 radical (unpaired) electrons. The summed E-state index contributed by atoms with van der Waals surface area (Å²) in [5.74, 6) is -1.10. The first-order valence-corrected chi connectivity index (χ1v) is 5.78. The summed E-state index contributed by atoms with van der Waals surface area (Å²) in [5.41, 5.74) is -5.14. The minimum Gasteiger partial charge on any atom is -0.481 e. The lowest BCUT2D eigenvalue weighted by Gasteiger charge is -2.23. The Morgan fingerprint density at radius 1 is 1.33 bits per heavy atom. The van der Waals surface area contributed by atoms with E-state index < -0.39 is 16.9 Å². The number of alkyl halides is 3. The summed E-state index contributed by atoms with van der Waals surface area (Å²) < 4.78 is 35.6. The van der Waals surface area contributed by atoms with E-state index in [0.29, 0.717) is 12.8 Å². The second-order valence-corrected chi connectivity index (χ2v) is 5.00. The molecule has 1 aliphatic rings. The van der Waals surface area contributed by atoms with Gasteiger partial charge in [0.1, 0.15) is 0 Å². The van der Waals surface area contributed by atoms with Crippen LogP contribution in [0.3, 0.4) is 0 Å². The molecule has 1 fully saturated rings. The zero-order valence-corrected chi connectivity index (χ0v) is 8.96. The molecule has 1 N–H and O–H groups in total. The monoisotopic (exact) mass is 242 g/mol. The number of carboxylic acids is 1.